The second-order valence-corrected chi connectivity index (χ2v) is 10.3. The lowest BCUT2D eigenvalue weighted by Gasteiger charge is -2.20. The van der Waals surface area contributed by atoms with E-state index in [1.54, 1.807) is 0 Å². The molecular weight excluding hydrogens is 462 g/mol. The van der Waals surface area contributed by atoms with Crippen LogP contribution in [-0.4, -0.2) is 82.3 Å². The predicted molar refractivity (Wildman–Crippen MR) is 129 cm³/mol. The zero-order valence-electron chi connectivity index (χ0n) is 19.8. The maximum absolute atomic E-state index is 12.4. The molecule has 8 N–H and O–H groups in total. The van der Waals surface area contributed by atoms with Gasteiger partial charge in [-0.25, -0.2) is 4.79 Å². The molecule has 2 rings (SSSR count). The number of hydrogen-bond acceptors (Lipinski definition) is 8. The molecule has 194 valence electrons. The highest BCUT2D eigenvalue weighted by Gasteiger charge is 2.42. The molecule has 2 unspecified atom stereocenters. The number of rotatable bonds is 16. The first-order valence-electron chi connectivity index (χ1n) is 12.0. The minimum atomic E-state index is -1.61. The zero-order valence-corrected chi connectivity index (χ0v) is 20.6. The van der Waals surface area contributed by atoms with Crippen molar-refractivity contribution in [2.24, 2.45) is 11.7 Å². The van der Waals surface area contributed by atoms with E-state index < -0.39 is 24.2 Å². The van der Waals surface area contributed by atoms with Crippen LogP contribution in [0.2, 0.25) is 0 Å². The first-order valence-corrected chi connectivity index (χ1v) is 13.1. The second-order valence-electron chi connectivity index (χ2n) is 9.06. The number of nitrogens with one attached hydrogen (secondary N) is 4. The van der Waals surface area contributed by atoms with E-state index in [0.717, 1.165) is 25.0 Å². The highest BCUT2D eigenvalue weighted by atomic mass is 32.2. The zero-order chi connectivity index (χ0) is 25.1. The Labute approximate surface area is 204 Å². The van der Waals surface area contributed by atoms with Crippen molar-refractivity contribution in [3.8, 4) is 0 Å². The van der Waals surface area contributed by atoms with Crippen molar-refractivity contribution in [1.29, 1.82) is 0 Å². The number of Topliss-reactive ketones (excluding diaryl/α,β-unsaturated/α-hetero) is 1. The third-order valence-electron chi connectivity index (χ3n) is 6.30. The van der Waals surface area contributed by atoms with Crippen LogP contribution in [0.25, 0.3) is 0 Å². The van der Waals surface area contributed by atoms with Gasteiger partial charge in [0.1, 0.15) is 0 Å². The third kappa shape index (κ3) is 9.40. The van der Waals surface area contributed by atoms with Crippen LogP contribution in [0.4, 0.5) is 4.79 Å². The number of ketones is 1. The molecule has 2 heterocycles. The fraction of sp³-hybridized carbons (Fsp3) is 0.818. The molecule has 2 aliphatic heterocycles. The smallest absolute Gasteiger partial charge is 0.315 e. The fourth-order valence-electron chi connectivity index (χ4n) is 4.26. The van der Waals surface area contributed by atoms with Gasteiger partial charge in [0.15, 0.2) is 12.1 Å². The first kappa shape index (κ1) is 28.3. The molecule has 2 aliphatic rings. The van der Waals surface area contributed by atoms with Gasteiger partial charge in [-0.05, 0) is 39.2 Å². The topological polar surface area (TPSA) is 183 Å². The van der Waals surface area contributed by atoms with Crippen molar-refractivity contribution < 1.29 is 29.4 Å². The molecule has 0 aromatic carbocycles. The van der Waals surface area contributed by atoms with Gasteiger partial charge in [0.25, 0.3) is 0 Å². The van der Waals surface area contributed by atoms with Crippen LogP contribution >= 0.6 is 11.8 Å². The average Bonchev–Trinajstić information content (AvgIpc) is 3.33. The lowest BCUT2D eigenvalue weighted by Crippen LogP contribution is -2.44. The van der Waals surface area contributed by atoms with Crippen molar-refractivity contribution in [1.82, 2.24) is 21.3 Å². The molecule has 2 fully saturated rings. The molecule has 5 atom stereocenters. The van der Waals surface area contributed by atoms with Gasteiger partial charge in [0, 0.05) is 29.8 Å². The van der Waals surface area contributed by atoms with Crippen LogP contribution in [0.5, 0.6) is 0 Å². The van der Waals surface area contributed by atoms with Gasteiger partial charge in [0.2, 0.25) is 11.8 Å². The Bertz CT molecular complexity index is 709. The van der Waals surface area contributed by atoms with Crippen molar-refractivity contribution in [3.05, 3.63) is 0 Å². The molecule has 0 radical (unpaired) electrons. The van der Waals surface area contributed by atoms with E-state index in [0.29, 0.717) is 37.5 Å². The Morgan fingerprint density at radius 3 is 2.62 bits per heavy atom. The van der Waals surface area contributed by atoms with Crippen molar-refractivity contribution in [2.45, 2.75) is 88.0 Å². The second kappa shape index (κ2) is 14.5. The standard InChI is InChI=1S/C22H39N5O6S/c1-13(16(28)10-14(21(31)32)6-4-5-9-23)25-19(30)11-24-18(29)8-3-2-7-17-20-15(12-34-17)26-22(33)27-20/h13-15,17,20-21,31-32H,2-12,23H2,1H3,(H,24,29)(H,25,30)(H2,26,27,33)/t13?,14?,15-,17-,20-/m0/s1. The molecule has 12 heteroatoms. The quantitative estimate of drug-likeness (QED) is 0.0826. The summed E-state index contributed by atoms with van der Waals surface area (Å²) in [4.78, 5) is 47.9. The number of hydrogen-bond donors (Lipinski definition) is 7. The lowest BCUT2D eigenvalue weighted by atomic mass is 9.93. The number of carbonyl (C=O) groups is 4. The van der Waals surface area contributed by atoms with Crippen molar-refractivity contribution in [2.75, 3.05) is 18.8 Å². The van der Waals surface area contributed by atoms with E-state index in [-0.39, 0.29) is 42.8 Å². The molecule has 0 aromatic heterocycles. The van der Waals surface area contributed by atoms with Crippen LogP contribution < -0.4 is 27.0 Å². The number of nitrogens with two attached hydrogens (primary N) is 1. The van der Waals surface area contributed by atoms with Crippen molar-refractivity contribution in [3.63, 3.8) is 0 Å². The molecular formula is C22H39N5O6S. The summed E-state index contributed by atoms with van der Waals surface area (Å²) in [6.07, 6.45) is 2.98. The van der Waals surface area contributed by atoms with E-state index in [2.05, 4.69) is 21.3 Å². The highest BCUT2D eigenvalue weighted by molar-refractivity contribution is 8.00. The van der Waals surface area contributed by atoms with Crippen LogP contribution in [0.15, 0.2) is 0 Å². The Morgan fingerprint density at radius 1 is 1.15 bits per heavy atom. The minimum Gasteiger partial charge on any atom is -0.368 e. The van der Waals surface area contributed by atoms with Crippen LogP contribution in [0.3, 0.4) is 0 Å². The lowest BCUT2D eigenvalue weighted by molar-refractivity contribution is -0.132. The Kier molecular flexibility index (Phi) is 12.1. The number of amides is 4. The van der Waals surface area contributed by atoms with E-state index in [4.69, 9.17) is 5.73 Å². The minimum absolute atomic E-state index is 0.0589. The molecule has 0 bridgehead atoms. The molecule has 34 heavy (non-hydrogen) atoms. The summed E-state index contributed by atoms with van der Waals surface area (Å²) in [5.74, 6) is -0.708. The Hall–Kier alpha value is -1.89. The molecule has 4 amide bonds. The SMILES string of the molecule is CC(NC(=O)CNC(=O)CCCC[C@@H]1SC[C@@H]2NC(=O)N[C@@H]21)C(=O)CC(CCCCN)C(O)O. The maximum Gasteiger partial charge on any atom is 0.315 e. The molecule has 11 nitrogen and oxygen atoms in total. The fourth-order valence-corrected chi connectivity index (χ4v) is 5.80. The van der Waals surface area contributed by atoms with Gasteiger partial charge in [-0.15, -0.1) is 0 Å². The van der Waals surface area contributed by atoms with Crippen molar-refractivity contribution >= 4 is 35.4 Å². The number of aliphatic hydroxyl groups is 2. The Morgan fingerprint density at radius 2 is 1.91 bits per heavy atom. The van der Waals surface area contributed by atoms with E-state index >= 15 is 0 Å². The molecule has 0 aliphatic carbocycles. The summed E-state index contributed by atoms with van der Waals surface area (Å²) < 4.78 is 0. The van der Waals surface area contributed by atoms with Gasteiger partial charge in [-0.3, -0.25) is 14.4 Å². The number of carbonyl (C=O) groups excluding carboxylic acids is 4. The summed E-state index contributed by atoms with van der Waals surface area (Å²) in [6.45, 7) is 1.81. The number of thioether (sulfide) groups is 1. The summed E-state index contributed by atoms with van der Waals surface area (Å²) in [5, 5.41) is 30.3. The summed E-state index contributed by atoms with van der Waals surface area (Å²) >= 11 is 1.84. The molecule has 2 saturated heterocycles. The van der Waals surface area contributed by atoms with Gasteiger partial charge >= 0.3 is 6.03 Å². The summed E-state index contributed by atoms with van der Waals surface area (Å²) in [7, 11) is 0. The average molecular weight is 502 g/mol. The van der Waals surface area contributed by atoms with Gasteiger partial charge in [-0.1, -0.05) is 12.8 Å². The monoisotopic (exact) mass is 501 g/mol. The van der Waals surface area contributed by atoms with Gasteiger partial charge in [0.05, 0.1) is 24.7 Å². The van der Waals surface area contributed by atoms with Crippen LogP contribution in [0, 0.1) is 5.92 Å². The molecule has 0 saturated carbocycles. The van der Waals surface area contributed by atoms with Crippen LogP contribution in [-0.2, 0) is 14.4 Å². The van der Waals surface area contributed by atoms with E-state index in [1.165, 1.54) is 6.92 Å². The highest BCUT2D eigenvalue weighted by Crippen LogP contribution is 2.33. The van der Waals surface area contributed by atoms with Crippen LogP contribution in [0.1, 0.15) is 58.3 Å². The van der Waals surface area contributed by atoms with E-state index in [1.807, 2.05) is 11.8 Å². The number of aliphatic hydroxyl groups excluding tert-OH is 1. The normalized spacial score (nSPS) is 23.1. The maximum atomic E-state index is 12.4. The van der Waals surface area contributed by atoms with Gasteiger partial charge < -0.3 is 37.2 Å². The first-order chi connectivity index (χ1) is 16.2. The summed E-state index contributed by atoms with van der Waals surface area (Å²) in [5.41, 5.74) is 5.44. The number of unbranched alkanes of at least 4 members (excludes halogenated alkanes) is 2. The summed E-state index contributed by atoms with van der Waals surface area (Å²) in [6, 6.07) is -0.559. The predicted octanol–water partition coefficient (Wildman–Crippen LogP) is -0.652. The molecule has 0 aromatic rings. The van der Waals surface area contributed by atoms with E-state index in [9.17, 15) is 29.4 Å². The molecule has 0 spiro atoms. The largest absolute Gasteiger partial charge is 0.368 e. The Balaban J connectivity index is 1.58. The number of fused-ring (bicyclic) bond motifs is 1. The van der Waals surface area contributed by atoms with Gasteiger partial charge in [-0.2, -0.15) is 11.8 Å². The third-order valence-corrected chi connectivity index (χ3v) is 7.81. The number of urea groups is 1.